The lowest BCUT2D eigenvalue weighted by Crippen LogP contribution is -2.06. The van der Waals surface area contributed by atoms with Gasteiger partial charge in [-0.05, 0) is 6.42 Å². The molecular formula is C6H9N3O. The minimum atomic E-state index is 0.199. The van der Waals surface area contributed by atoms with E-state index in [1.165, 1.54) is 0 Å². The van der Waals surface area contributed by atoms with Gasteiger partial charge in [0.1, 0.15) is 12.2 Å². The summed E-state index contributed by atoms with van der Waals surface area (Å²) in [4.78, 5) is 0. The van der Waals surface area contributed by atoms with Crippen molar-refractivity contribution in [2.45, 2.75) is 18.9 Å². The molecular weight excluding hydrogens is 130 g/mol. The highest BCUT2D eigenvalue weighted by molar-refractivity contribution is 4.96. The number of fused-ring (bicyclic) bond motifs is 1. The van der Waals surface area contributed by atoms with E-state index < -0.39 is 0 Å². The topological polar surface area (TPSA) is 50.9 Å². The van der Waals surface area contributed by atoms with Crippen molar-refractivity contribution < 1.29 is 5.11 Å². The molecule has 0 spiro atoms. The Kier molecular flexibility index (Phi) is 1.20. The van der Waals surface area contributed by atoms with E-state index in [-0.39, 0.29) is 12.6 Å². The van der Waals surface area contributed by atoms with Gasteiger partial charge in [-0.1, -0.05) is 0 Å². The van der Waals surface area contributed by atoms with Crippen LogP contribution in [0.15, 0.2) is 6.33 Å². The predicted octanol–water partition coefficient (Wildman–Crippen LogP) is -0.242. The standard InChI is InChI=1S/C6H9N3O/c10-3-5-1-2-6-8-7-4-9(5)6/h4-5,10H,1-3H2/t5-/m0/s1. The van der Waals surface area contributed by atoms with Gasteiger partial charge in [0.2, 0.25) is 0 Å². The van der Waals surface area contributed by atoms with E-state index in [2.05, 4.69) is 10.2 Å². The Labute approximate surface area is 58.5 Å². The number of hydrogen-bond acceptors (Lipinski definition) is 3. The molecule has 0 saturated heterocycles. The Morgan fingerprint density at radius 2 is 2.70 bits per heavy atom. The Balaban J connectivity index is 2.34. The molecule has 0 aliphatic carbocycles. The highest BCUT2D eigenvalue weighted by Crippen LogP contribution is 2.22. The van der Waals surface area contributed by atoms with Crippen LogP contribution in [0.1, 0.15) is 18.3 Å². The Bertz CT molecular complexity index is 233. The van der Waals surface area contributed by atoms with E-state index in [0.29, 0.717) is 0 Å². The van der Waals surface area contributed by atoms with Crippen molar-refractivity contribution in [1.29, 1.82) is 0 Å². The van der Waals surface area contributed by atoms with E-state index in [1.807, 2.05) is 4.57 Å². The molecule has 0 radical (unpaired) electrons. The van der Waals surface area contributed by atoms with Gasteiger partial charge in [-0.2, -0.15) is 0 Å². The van der Waals surface area contributed by atoms with Crippen LogP contribution in [-0.2, 0) is 6.42 Å². The summed E-state index contributed by atoms with van der Waals surface area (Å²) in [5.41, 5.74) is 0. The van der Waals surface area contributed by atoms with Crippen molar-refractivity contribution in [3.05, 3.63) is 12.2 Å². The van der Waals surface area contributed by atoms with Gasteiger partial charge in [0.25, 0.3) is 0 Å². The number of hydrogen-bond donors (Lipinski definition) is 1. The van der Waals surface area contributed by atoms with Crippen LogP contribution in [0.2, 0.25) is 0 Å². The minimum Gasteiger partial charge on any atom is -0.394 e. The molecule has 1 aliphatic rings. The lowest BCUT2D eigenvalue weighted by Gasteiger charge is -2.05. The van der Waals surface area contributed by atoms with Crippen LogP contribution >= 0.6 is 0 Å². The van der Waals surface area contributed by atoms with Gasteiger partial charge in [0, 0.05) is 6.42 Å². The summed E-state index contributed by atoms with van der Waals surface area (Å²) in [6.07, 6.45) is 3.63. The van der Waals surface area contributed by atoms with Gasteiger partial charge in [-0.15, -0.1) is 10.2 Å². The Morgan fingerprint density at radius 1 is 1.80 bits per heavy atom. The SMILES string of the molecule is OC[C@@H]1CCc2nncn21. The third-order valence-corrected chi connectivity index (χ3v) is 1.95. The first-order valence-corrected chi connectivity index (χ1v) is 3.41. The molecule has 1 aliphatic heterocycles. The molecule has 2 heterocycles. The molecule has 0 bridgehead atoms. The van der Waals surface area contributed by atoms with E-state index >= 15 is 0 Å². The molecule has 0 amide bonds. The fraction of sp³-hybridized carbons (Fsp3) is 0.667. The quantitative estimate of drug-likeness (QED) is 0.584. The predicted molar refractivity (Wildman–Crippen MR) is 34.5 cm³/mol. The number of aryl methyl sites for hydroxylation is 1. The number of aliphatic hydroxyl groups excluding tert-OH is 1. The molecule has 4 heteroatoms. The maximum Gasteiger partial charge on any atom is 0.133 e. The van der Waals surface area contributed by atoms with Gasteiger partial charge in [0.05, 0.1) is 12.6 Å². The van der Waals surface area contributed by atoms with Crippen molar-refractivity contribution >= 4 is 0 Å². The third kappa shape index (κ3) is 0.654. The van der Waals surface area contributed by atoms with Crippen LogP contribution in [-0.4, -0.2) is 26.5 Å². The normalized spacial score (nSPS) is 23.1. The molecule has 1 aromatic rings. The maximum absolute atomic E-state index is 8.85. The van der Waals surface area contributed by atoms with Crippen molar-refractivity contribution in [1.82, 2.24) is 14.8 Å². The maximum atomic E-state index is 8.85. The van der Waals surface area contributed by atoms with Gasteiger partial charge >= 0.3 is 0 Å². The second-order valence-electron chi connectivity index (χ2n) is 2.53. The van der Waals surface area contributed by atoms with Crippen LogP contribution in [0, 0.1) is 0 Å². The van der Waals surface area contributed by atoms with Gasteiger partial charge in [-0.25, -0.2) is 0 Å². The average molecular weight is 139 g/mol. The zero-order valence-corrected chi connectivity index (χ0v) is 5.56. The average Bonchev–Trinajstić information content (AvgIpc) is 2.44. The minimum absolute atomic E-state index is 0.199. The van der Waals surface area contributed by atoms with Crippen molar-refractivity contribution in [2.24, 2.45) is 0 Å². The molecule has 0 aromatic carbocycles. The van der Waals surface area contributed by atoms with Gasteiger partial charge in [0.15, 0.2) is 0 Å². The van der Waals surface area contributed by atoms with Crippen LogP contribution in [0.25, 0.3) is 0 Å². The summed E-state index contributed by atoms with van der Waals surface area (Å²) in [5.74, 6) is 0.999. The van der Waals surface area contributed by atoms with Gasteiger partial charge < -0.3 is 9.67 Å². The van der Waals surface area contributed by atoms with Gasteiger partial charge in [-0.3, -0.25) is 0 Å². The summed E-state index contributed by atoms with van der Waals surface area (Å²) < 4.78 is 1.94. The van der Waals surface area contributed by atoms with Crippen LogP contribution < -0.4 is 0 Å². The smallest absolute Gasteiger partial charge is 0.133 e. The zero-order chi connectivity index (χ0) is 6.97. The van der Waals surface area contributed by atoms with E-state index in [4.69, 9.17) is 5.11 Å². The Hall–Kier alpha value is -0.900. The molecule has 0 saturated carbocycles. The van der Waals surface area contributed by atoms with Crippen molar-refractivity contribution in [2.75, 3.05) is 6.61 Å². The molecule has 0 fully saturated rings. The summed E-state index contributed by atoms with van der Waals surface area (Å²) in [5, 5.41) is 16.5. The van der Waals surface area contributed by atoms with Crippen LogP contribution in [0.3, 0.4) is 0 Å². The fourth-order valence-corrected chi connectivity index (χ4v) is 1.36. The second-order valence-corrected chi connectivity index (χ2v) is 2.53. The Morgan fingerprint density at radius 3 is 3.50 bits per heavy atom. The number of nitrogens with zero attached hydrogens (tertiary/aromatic N) is 3. The van der Waals surface area contributed by atoms with E-state index in [9.17, 15) is 0 Å². The van der Waals surface area contributed by atoms with Crippen molar-refractivity contribution in [3.63, 3.8) is 0 Å². The zero-order valence-electron chi connectivity index (χ0n) is 5.56. The number of rotatable bonds is 1. The first-order chi connectivity index (χ1) is 4.92. The summed E-state index contributed by atoms with van der Waals surface area (Å²) >= 11 is 0. The number of aliphatic hydroxyl groups is 1. The third-order valence-electron chi connectivity index (χ3n) is 1.95. The fourth-order valence-electron chi connectivity index (χ4n) is 1.36. The van der Waals surface area contributed by atoms with Crippen LogP contribution in [0.4, 0.5) is 0 Å². The molecule has 10 heavy (non-hydrogen) atoms. The molecule has 1 N–H and O–H groups in total. The molecule has 0 unspecified atom stereocenters. The molecule has 1 aromatic heterocycles. The molecule has 2 rings (SSSR count). The van der Waals surface area contributed by atoms with E-state index in [1.54, 1.807) is 6.33 Å². The molecule has 54 valence electrons. The summed E-state index contributed by atoms with van der Waals surface area (Å²) in [6, 6.07) is 0.227. The summed E-state index contributed by atoms with van der Waals surface area (Å²) in [7, 11) is 0. The molecule has 4 nitrogen and oxygen atoms in total. The first-order valence-electron chi connectivity index (χ1n) is 3.41. The summed E-state index contributed by atoms with van der Waals surface area (Å²) in [6.45, 7) is 0.199. The van der Waals surface area contributed by atoms with Crippen LogP contribution in [0.5, 0.6) is 0 Å². The first kappa shape index (κ1) is 5.85. The molecule has 1 atom stereocenters. The second kappa shape index (κ2) is 2.05. The monoisotopic (exact) mass is 139 g/mol. The lowest BCUT2D eigenvalue weighted by atomic mass is 10.2. The largest absolute Gasteiger partial charge is 0.394 e. The van der Waals surface area contributed by atoms with E-state index in [0.717, 1.165) is 18.7 Å². The highest BCUT2D eigenvalue weighted by Gasteiger charge is 2.21. The highest BCUT2D eigenvalue weighted by atomic mass is 16.3. The lowest BCUT2D eigenvalue weighted by molar-refractivity contribution is 0.232. The van der Waals surface area contributed by atoms with Crippen molar-refractivity contribution in [3.8, 4) is 0 Å². The number of aromatic nitrogens is 3.